The van der Waals surface area contributed by atoms with Crippen LogP contribution in [0.4, 0.5) is 8.78 Å². The SMILES string of the molecule is CC1(C)N=C(c2cnc3cc(Br)ccc3c2)c2ccccc2C1(F)F. The van der Waals surface area contributed by atoms with Crippen molar-refractivity contribution in [3.63, 3.8) is 0 Å². The highest BCUT2D eigenvalue weighted by atomic mass is 79.9. The molecule has 2 heterocycles. The maximum absolute atomic E-state index is 14.8. The number of alkyl halides is 2. The summed E-state index contributed by atoms with van der Waals surface area (Å²) in [6, 6.07) is 14.3. The van der Waals surface area contributed by atoms with Crippen LogP contribution in [0.5, 0.6) is 0 Å². The van der Waals surface area contributed by atoms with Gasteiger partial charge in [0, 0.05) is 32.7 Å². The van der Waals surface area contributed by atoms with Gasteiger partial charge in [-0.15, -0.1) is 0 Å². The zero-order valence-corrected chi connectivity index (χ0v) is 15.3. The Labute approximate surface area is 152 Å². The maximum Gasteiger partial charge on any atom is 0.297 e. The fraction of sp³-hybridized carbons (Fsp3) is 0.200. The molecule has 0 radical (unpaired) electrons. The summed E-state index contributed by atoms with van der Waals surface area (Å²) in [6.07, 6.45) is 1.70. The summed E-state index contributed by atoms with van der Waals surface area (Å²) in [4.78, 5) is 8.90. The van der Waals surface area contributed by atoms with E-state index >= 15 is 0 Å². The van der Waals surface area contributed by atoms with E-state index in [0.717, 1.165) is 20.9 Å². The molecule has 1 aliphatic heterocycles. The third-order valence-corrected chi connectivity index (χ3v) is 5.09. The minimum Gasteiger partial charge on any atom is -0.271 e. The monoisotopic (exact) mass is 400 g/mol. The molecule has 0 amide bonds. The number of nitrogens with zero attached hydrogens (tertiary/aromatic N) is 2. The standard InChI is InChI=1S/C20H15BrF2N2/c1-19(2)20(22,23)16-6-4-3-5-15(16)18(25-19)13-9-12-7-8-14(21)10-17(12)24-11-13/h3-11H,1-2H3. The summed E-state index contributed by atoms with van der Waals surface area (Å²) in [5.41, 5.74) is 1.10. The number of aliphatic imine (C=N–C) groups is 1. The Morgan fingerprint density at radius 2 is 1.76 bits per heavy atom. The Morgan fingerprint density at radius 3 is 2.56 bits per heavy atom. The highest BCUT2D eigenvalue weighted by molar-refractivity contribution is 9.10. The van der Waals surface area contributed by atoms with Gasteiger partial charge in [0.1, 0.15) is 5.54 Å². The summed E-state index contributed by atoms with van der Waals surface area (Å²) in [7, 11) is 0. The molecule has 0 bridgehead atoms. The van der Waals surface area contributed by atoms with Crippen LogP contribution in [0.2, 0.25) is 0 Å². The van der Waals surface area contributed by atoms with Crippen LogP contribution in [0, 0.1) is 0 Å². The number of halogens is 3. The summed E-state index contributed by atoms with van der Waals surface area (Å²) in [5, 5.41) is 0.941. The molecule has 0 aliphatic carbocycles. The largest absolute Gasteiger partial charge is 0.297 e. The van der Waals surface area contributed by atoms with E-state index in [4.69, 9.17) is 0 Å². The normalized spacial score (nSPS) is 17.9. The molecule has 2 nitrogen and oxygen atoms in total. The van der Waals surface area contributed by atoms with E-state index in [9.17, 15) is 8.78 Å². The Bertz CT molecular complexity index is 1030. The Kier molecular flexibility index (Phi) is 3.55. The number of aromatic nitrogens is 1. The van der Waals surface area contributed by atoms with Crippen molar-refractivity contribution >= 4 is 32.5 Å². The highest BCUT2D eigenvalue weighted by Crippen LogP contribution is 2.46. The molecule has 5 heteroatoms. The summed E-state index contributed by atoms with van der Waals surface area (Å²) < 4.78 is 30.6. The lowest BCUT2D eigenvalue weighted by Crippen LogP contribution is -2.44. The fourth-order valence-electron chi connectivity index (χ4n) is 3.15. The second-order valence-corrected chi connectivity index (χ2v) is 7.62. The first kappa shape index (κ1) is 16.3. The van der Waals surface area contributed by atoms with Crippen LogP contribution in [-0.2, 0) is 5.92 Å². The van der Waals surface area contributed by atoms with Crippen molar-refractivity contribution in [3.05, 3.63) is 75.9 Å². The van der Waals surface area contributed by atoms with Crippen molar-refractivity contribution < 1.29 is 8.78 Å². The zero-order chi connectivity index (χ0) is 17.8. The lowest BCUT2D eigenvalue weighted by atomic mass is 9.81. The molecule has 0 unspecified atom stereocenters. The predicted octanol–water partition coefficient (Wildman–Crippen LogP) is 5.72. The third kappa shape index (κ3) is 2.49. The second-order valence-electron chi connectivity index (χ2n) is 6.70. The number of benzene rings is 2. The third-order valence-electron chi connectivity index (χ3n) is 4.60. The van der Waals surface area contributed by atoms with E-state index in [2.05, 4.69) is 25.9 Å². The lowest BCUT2D eigenvalue weighted by Gasteiger charge is -2.37. The number of rotatable bonds is 1. The van der Waals surface area contributed by atoms with E-state index < -0.39 is 11.5 Å². The quantitative estimate of drug-likeness (QED) is 0.512. The Hall–Kier alpha value is -2.14. The molecule has 4 rings (SSSR count). The molecule has 0 fully saturated rings. The van der Waals surface area contributed by atoms with Crippen LogP contribution in [-0.4, -0.2) is 16.2 Å². The number of pyridine rings is 1. The first-order valence-corrected chi connectivity index (χ1v) is 8.72. The molecular weight excluding hydrogens is 386 g/mol. The maximum atomic E-state index is 14.8. The minimum absolute atomic E-state index is 0.0147. The van der Waals surface area contributed by atoms with Gasteiger partial charge in [0.2, 0.25) is 0 Å². The van der Waals surface area contributed by atoms with Crippen LogP contribution in [0.1, 0.15) is 30.5 Å². The average molecular weight is 401 g/mol. The average Bonchev–Trinajstić information content (AvgIpc) is 2.58. The molecule has 2 aromatic carbocycles. The zero-order valence-electron chi connectivity index (χ0n) is 13.7. The number of fused-ring (bicyclic) bond motifs is 2. The van der Waals surface area contributed by atoms with E-state index in [1.165, 1.54) is 19.9 Å². The van der Waals surface area contributed by atoms with Crippen molar-refractivity contribution in [2.24, 2.45) is 4.99 Å². The molecule has 0 saturated carbocycles. The van der Waals surface area contributed by atoms with Crippen molar-refractivity contribution in [2.45, 2.75) is 25.3 Å². The van der Waals surface area contributed by atoms with Gasteiger partial charge in [-0.2, -0.15) is 8.78 Å². The van der Waals surface area contributed by atoms with Crippen molar-refractivity contribution in [1.82, 2.24) is 4.98 Å². The molecule has 0 atom stereocenters. The minimum atomic E-state index is -3.03. The molecule has 25 heavy (non-hydrogen) atoms. The lowest BCUT2D eigenvalue weighted by molar-refractivity contribution is -0.0681. The van der Waals surface area contributed by atoms with Gasteiger partial charge < -0.3 is 0 Å². The van der Waals surface area contributed by atoms with E-state index in [-0.39, 0.29) is 5.56 Å². The summed E-state index contributed by atoms with van der Waals surface area (Å²) >= 11 is 3.43. The van der Waals surface area contributed by atoms with Crippen LogP contribution in [0.15, 0.2) is 64.2 Å². The number of hydrogen-bond acceptors (Lipinski definition) is 2. The van der Waals surface area contributed by atoms with Gasteiger partial charge in [0.15, 0.2) is 0 Å². The molecule has 0 N–H and O–H groups in total. The highest BCUT2D eigenvalue weighted by Gasteiger charge is 2.52. The van der Waals surface area contributed by atoms with E-state index in [1.807, 2.05) is 24.3 Å². The molecular formula is C20H15BrF2N2. The van der Waals surface area contributed by atoms with Gasteiger partial charge in [0.25, 0.3) is 5.92 Å². The molecule has 0 spiro atoms. The molecule has 126 valence electrons. The van der Waals surface area contributed by atoms with Gasteiger partial charge in [-0.1, -0.05) is 46.3 Å². The summed E-state index contributed by atoms with van der Waals surface area (Å²) in [5.74, 6) is -3.03. The fourth-order valence-corrected chi connectivity index (χ4v) is 3.50. The number of hydrogen-bond donors (Lipinski definition) is 0. The predicted molar refractivity (Wildman–Crippen MR) is 99.5 cm³/mol. The van der Waals surface area contributed by atoms with Crippen molar-refractivity contribution in [1.29, 1.82) is 0 Å². The van der Waals surface area contributed by atoms with Crippen molar-refractivity contribution in [3.8, 4) is 0 Å². The second kappa shape index (κ2) is 5.43. The first-order chi connectivity index (χ1) is 11.8. The van der Waals surface area contributed by atoms with Gasteiger partial charge in [0.05, 0.1) is 11.2 Å². The molecule has 0 saturated heterocycles. The molecule has 3 aromatic rings. The van der Waals surface area contributed by atoms with E-state index in [1.54, 1.807) is 24.4 Å². The van der Waals surface area contributed by atoms with Crippen LogP contribution in [0.25, 0.3) is 10.9 Å². The van der Waals surface area contributed by atoms with Crippen LogP contribution < -0.4 is 0 Å². The van der Waals surface area contributed by atoms with E-state index in [0.29, 0.717) is 11.3 Å². The first-order valence-electron chi connectivity index (χ1n) is 7.93. The topological polar surface area (TPSA) is 25.2 Å². The Balaban J connectivity index is 1.96. The molecule has 1 aromatic heterocycles. The van der Waals surface area contributed by atoms with Gasteiger partial charge in [-0.3, -0.25) is 9.98 Å². The van der Waals surface area contributed by atoms with Gasteiger partial charge >= 0.3 is 0 Å². The Morgan fingerprint density at radius 1 is 1.00 bits per heavy atom. The van der Waals surface area contributed by atoms with Crippen LogP contribution in [0.3, 0.4) is 0 Å². The van der Waals surface area contributed by atoms with Crippen LogP contribution >= 0.6 is 15.9 Å². The van der Waals surface area contributed by atoms with Crippen molar-refractivity contribution in [2.75, 3.05) is 0 Å². The van der Waals surface area contributed by atoms with Gasteiger partial charge in [-0.05, 0) is 32.0 Å². The summed E-state index contributed by atoms with van der Waals surface area (Å²) in [6.45, 7) is 2.93. The molecule has 1 aliphatic rings. The smallest absolute Gasteiger partial charge is 0.271 e. The van der Waals surface area contributed by atoms with Gasteiger partial charge in [-0.25, -0.2) is 0 Å².